The Bertz CT molecular complexity index is 499. The molecule has 0 spiro atoms. The Kier molecular flexibility index (Phi) is 2.28. The Hall–Kier alpha value is -1.64. The van der Waals surface area contributed by atoms with Gasteiger partial charge < -0.3 is 0 Å². The summed E-state index contributed by atoms with van der Waals surface area (Å²) in [5.41, 5.74) is 4.33. The molecule has 1 saturated carbocycles. The Morgan fingerprint density at radius 2 is 1.94 bits per heavy atom. The molecule has 0 saturated heterocycles. The zero-order valence-electron chi connectivity index (χ0n) is 10.2. The summed E-state index contributed by atoms with van der Waals surface area (Å²) in [6, 6.07) is 6.16. The summed E-state index contributed by atoms with van der Waals surface area (Å²) in [6.07, 6.45) is 3.06. The highest BCUT2D eigenvalue weighted by molar-refractivity contribution is 6.16. The van der Waals surface area contributed by atoms with Crippen molar-refractivity contribution in [3.05, 3.63) is 29.3 Å². The van der Waals surface area contributed by atoms with Crippen LogP contribution in [0.4, 0.5) is 5.69 Å². The third-order valence-electron chi connectivity index (χ3n) is 3.51. The molecular weight excluding hydrogens is 212 g/mol. The van der Waals surface area contributed by atoms with E-state index in [2.05, 4.69) is 11.2 Å². The number of carbonyl (C=O) groups excluding carboxylic acids is 1. The zero-order chi connectivity index (χ0) is 12.0. The van der Waals surface area contributed by atoms with Gasteiger partial charge >= 0.3 is 0 Å². The van der Waals surface area contributed by atoms with Gasteiger partial charge in [-0.15, -0.1) is 0 Å². The van der Waals surface area contributed by atoms with E-state index in [-0.39, 0.29) is 11.8 Å². The fourth-order valence-corrected chi connectivity index (χ4v) is 2.80. The predicted octanol–water partition coefficient (Wildman–Crippen LogP) is 2.81. The molecular formula is C14H16N2O. The second kappa shape index (κ2) is 3.69. The predicted molar refractivity (Wildman–Crippen MR) is 68.2 cm³/mol. The average molecular weight is 228 g/mol. The molecule has 1 atom stereocenters. The van der Waals surface area contributed by atoms with Gasteiger partial charge in [0.25, 0.3) is 5.91 Å². The van der Waals surface area contributed by atoms with E-state index >= 15 is 0 Å². The van der Waals surface area contributed by atoms with Gasteiger partial charge in [0.15, 0.2) is 0 Å². The lowest BCUT2D eigenvalue weighted by Crippen LogP contribution is -2.25. The number of fused-ring (bicyclic) bond motifs is 1. The smallest absolute Gasteiger partial charge is 0.256 e. The van der Waals surface area contributed by atoms with Gasteiger partial charge in [-0.3, -0.25) is 4.79 Å². The van der Waals surface area contributed by atoms with E-state index in [1.807, 2.05) is 26.0 Å². The van der Waals surface area contributed by atoms with Crippen LogP contribution in [-0.2, 0) is 4.79 Å². The second-order valence-electron chi connectivity index (χ2n) is 5.03. The minimum Gasteiger partial charge on any atom is -0.272 e. The Balaban J connectivity index is 2.00. The van der Waals surface area contributed by atoms with E-state index < -0.39 is 0 Å². The molecule has 1 amide bonds. The van der Waals surface area contributed by atoms with E-state index in [0.29, 0.717) is 0 Å². The summed E-state index contributed by atoms with van der Waals surface area (Å²) in [5.74, 6) is 0.221. The SMILES string of the molecule is Cc1cc(C)cc(N2N=C3CCCC3C2=O)c1. The monoisotopic (exact) mass is 228 g/mol. The molecule has 2 aliphatic rings. The number of hydrazone groups is 1. The topological polar surface area (TPSA) is 32.7 Å². The van der Waals surface area contributed by atoms with Crippen molar-refractivity contribution in [1.29, 1.82) is 0 Å². The van der Waals surface area contributed by atoms with Gasteiger partial charge in [0.05, 0.1) is 17.3 Å². The highest BCUT2D eigenvalue weighted by atomic mass is 16.2. The molecule has 88 valence electrons. The van der Waals surface area contributed by atoms with Crippen LogP contribution in [0.1, 0.15) is 30.4 Å². The summed E-state index contributed by atoms with van der Waals surface area (Å²) in [7, 11) is 0. The first-order chi connectivity index (χ1) is 8.15. The van der Waals surface area contributed by atoms with E-state index in [1.165, 1.54) is 11.1 Å². The highest BCUT2D eigenvalue weighted by Gasteiger charge is 2.39. The van der Waals surface area contributed by atoms with Crippen molar-refractivity contribution in [2.45, 2.75) is 33.1 Å². The van der Waals surface area contributed by atoms with Gasteiger partial charge in [0.1, 0.15) is 0 Å². The molecule has 1 aromatic rings. The summed E-state index contributed by atoms with van der Waals surface area (Å²) in [4.78, 5) is 12.2. The van der Waals surface area contributed by atoms with Gasteiger partial charge in [-0.2, -0.15) is 5.10 Å². The van der Waals surface area contributed by atoms with E-state index in [1.54, 1.807) is 5.01 Å². The highest BCUT2D eigenvalue weighted by Crippen LogP contribution is 2.33. The molecule has 0 bridgehead atoms. The van der Waals surface area contributed by atoms with Crippen molar-refractivity contribution in [2.75, 3.05) is 5.01 Å². The second-order valence-corrected chi connectivity index (χ2v) is 5.03. The first-order valence-corrected chi connectivity index (χ1v) is 6.15. The van der Waals surface area contributed by atoms with Crippen molar-refractivity contribution < 1.29 is 4.79 Å². The number of hydrogen-bond acceptors (Lipinski definition) is 2. The van der Waals surface area contributed by atoms with Gasteiger partial charge in [0.2, 0.25) is 0 Å². The third-order valence-corrected chi connectivity index (χ3v) is 3.51. The molecule has 3 rings (SSSR count). The number of carbonyl (C=O) groups is 1. The lowest BCUT2D eigenvalue weighted by Gasteiger charge is -2.15. The summed E-state index contributed by atoms with van der Waals surface area (Å²) < 4.78 is 0. The number of hydrogen-bond donors (Lipinski definition) is 0. The van der Waals surface area contributed by atoms with E-state index in [4.69, 9.17) is 0 Å². The minimum absolute atomic E-state index is 0.0656. The number of anilines is 1. The van der Waals surface area contributed by atoms with Crippen LogP contribution in [-0.4, -0.2) is 11.6 Å². The minimum atomic E-state index is 0.0656. The number of benzene rings is 1. The lowest BCUT2D eigenvalue weighted by molar-refractivity contribution is -0.119. The van der Waals surface area contributed by atoms with Crippen LogP contribution in [0.2, 0.25) is 0 Å². The number of amides is 1. The van der Waals surface area contributed by atoms with Crippen molar-refractivity contribution in [2.24, 2.45) is 11.0 Å². The lowest BCUT2D eigenvalue weighted by atomic mass is 10.1. The molecule has 1 heterocycles. The van der Waals surface area contributed by atoms with Crippen molar-refractivity contribution in [3.63, 3.8) is 0 Å². The molecule has 1 aliphatic heterocycles. The molecule has 1 fully saturated rings. The molecule has 1 aromatic carbocycles. The van der Waals surface area contributed by atoms with Crippen molar-refractivity contribution in [1.82, 2.24) is 0 Å². The Morgan fingerprint density at radius 1 is 1.24 bits per heavy atom. The summed E-state index contributed by atoms with van der Waals surface area (Å²) >= 11 is 0. The van der Waals surface area contributed by atoms with Crippen LogP contribution >= 0.6 is 0 Å². The van der Waals surface area contributed by atoms with Gasteiger partial charge in [-0.1, -0.05) is 6.07 Å². The van der Waals surface area contributed by atoms with Crippen molar-refractivity contribution >= 4 is 17.3 Å². The molecule has 1 unspecified atom stereocenters. The first kappa shape index (κ1) is 10.5. The largest absolute Gasteiger partial charge is 0.272 e. The maximum absolute atomic E-state index is 12.2. The number of rotatable bonds is 1. The van der Waals surface area contributed by atoms with Crippen LogP contribution in [0.5, 0.6) is 0 Å². The van der Waals surface area contributed by atoms with Crippen molar-refractivity contribution in [3.8, 4) is 0 Å². The summed E-state index contributed by atoms with van der Waals surface area (Å²) in [6.45, 7) is 4.09. The molecule has 0 N–H and O–H groups in total. The van der Waals surface area contributed by atoms with Gasteiger partial charge in [-0.25, -0.2) is 5.01 Å². The normalized spacial score (nSPS) is 22.9. The summed E-state index contributed by atoms with van der Waals surface area (Å²) in [5, 5.41) is 6.08. The Labute approximate surface area is 101 Å². The maximum atomic E-state index is 12.2. The van der Waals surface area contributed by atoms with Crippen LogP contribution in [0.25, 0.3) is 0 Å². The van der Waals surface area contributed by atoms with Crippen LogP contribution in [0.15, 0.2) is 23.3 Å². The fourth-order valence-electron chi connectivity index (χ4n) is 2.80. The van der Waals surface area contributed by atoms with Gasteiger partial charge in [-0.05, 0) is 56.4 Å². The van der Waals surface area contributed by atoms with Crippen LogP contribution in [0, 0.1) is 19.8 Å². The standard InChI is InChI=1S/C14H16N2O/c1-9-6-10(2)8-11(7-9)16-14(17)12-4-3-5-13(12)15-16/h6-8,12H,3-5H2,1-2H3. The molecule has 0 radical (unpaired) electrons. The number of aryl methyl sites for hydroxylation is 2. The third kappa shape index (κ3) is 1.66. The molecule has 17 heavy (non-hydrogen) atoms. The first-order valence-electron chi connectivity index (χ1n) is 6.15. The molecule has 3 heteroatoms. The van der Waals surface area contributed by atoms with E-state index in [9.17, 15) is 4.79 Å². The number of nitrogens with zero attached hydrogens (tertiary/aromatic N) is 2. The van der Waals surface area contributed by atoms with Crippen LogP contribution < -0.4 is 5.01 Å². The maximum Gasteiger partial charge on any atom is 0.256 e. The molecule has 1 aliphatic carbocycles. The molecule has 0 aromatic heterocycles. The average Bonchev–Trinajstić information content (AvgIpc) is 2.80. The quantitative estimate of drug-likeness (QED) is 0.727. The van der Waals surface area contributed by atoms with E-state index in [0.717, 1.165) is 30.7 Å². The fraction of sp³-hybridized carbons (Fsp3) is 0.429. The van der Waals surface area contributed by atoms with Gasteiger partial charge in [0, 0.05) is 0 Å². The van der Waals surface area contributed by atoms with Crippen LogP contribution in [0.3, 0.4) is 0 Å². The Morgan fingerprint density at radius 3 is 2.59 bits per heavy atom. The molecule has 3 nitrogen and oxygen atoms in total. The zero-order valence-corrected chi connectivity index (χ0v) is 10.2.